The molecule has 1 amide bonds. The third-order valence-electron chi connectivity index (χ3n) is 4.47. The Morgan fingerprint density at radius 2 is 1.53 bits per heavy atom. The number of hydrogen-bond acceptors (Lipinski definition) is 6. The molecule has 0 bridgehead atoms. The van der Waals surface area contributed by atoms with Crippen LogP contribution in [0, 0.1) is 13.8 Å². The maximum Gasteiger partial charge on any atom is 0.230 e. The van der Waals surface area contributed by atoms with E-state index in [-0.39, 0.29) is 17.7 Å². The van der Waals surface area contributed by atoms with Gasteiger partial charge in [0.2, 0.25) is 11.1 Å². The van der Waals surface area contributed by atoms with E-state index in [0.29, 0.717) is 11.8 Å². The monoisotopic (exact) mass is 422 g/mol. The minimum Gasteiger partial charge on any atom is -0.383 e. The summed E-state index contributed by atoms with van der Waals surface area (Å²) in [5, 5.41) is 12.1. The summed E-state index contributed by atoms with van der Waals surface area (Å²) in [6.45, 7) is 6.47. The first kappa shape index (κ1) is 21.9. The average molecular weight is 423 g/mol. The van der Waals surface area contributed by atoms with Crippen LogP contribution in [0.2, 0.25) is 0 Å². The van der Waals surface area contributed by atoms with E-state index in [1.807, 2.05) is 69.3 Å². The number of benzene rings is 2. The fourth-order valence-corrected chi connectivity index (χ4v) is 3.53. The summed E-state index contributed by atoms with van der Waals surface area (Å²) in [7, 11) is 1.61. The highest BCUT2D eigenvalue weighted by molar-refractivity contribution is 7.99. The van der Waals surface area contributed by atoms with Crippen LogP contribution < -0.4 is 5.32 Å². The summed E-state index contributed by atoms with van der Waals surface area (Å²) in [4.78, 5) is 16.9. The summed E-state index contributed by atoms with van der Waals surface area (Å²) in [5.41, 5.74) is 5.75. The summed E-state index contributed by atoms with van der Waals surface area (Å²) in [6, 6.07) is 16.3. The largest absolute Gasteiger partial charge is 0.383 e. The summed E-state index contributed by atoms with van der Waals surface area (Å²) >= 11 is 1.27. The van der Waals surface area contributed by atoms with Gasteiger partial charge in [-0.15, -0.1) is 10.2 Å². The van der Waals surface area contributed by atoms with Crippen LogP contribution in [0.15, 0.2) is 53.7 Å². The van der Waals surface area contributed by atoms with Crippen LogP contribution in [0.4, 0.5) is 0 Å². The van der Waals surface area contributed by atoms with Crippen molar-refractivity contribution >= 4 is 17.7 Å². The Labute approximate surface area is 181 Å². The Morgan fingerprint density at radius 3 is 2.10 bits per heavy atom. The maximum atomic E-state index is 12.2. The van der Waals surface area contributed by atoms with E-state index in [4.69, 9.17) is 9.72 Å². The number of ether oxygens (including phenoxy) is 1. The van der Waals surface area contributed by atoms with Gasteiger partial charge in [0.15, 0.2) is 0 Å². The van der Waals surface area contributed by atoms with Crippen molar-refractivity contribution in [1.82, 2.24) is 20.5 Å². The van der Waals surface area contributed by atoms with E-state index in [0.717, 1.165) is 22.5 Å². The van der Waals surface area contributed by atoms with E-state index >= 15 is 0 Å². The van der Waals surface area contributed by atoms with E-state index in [1.165, 1.54) is 22.9 Å². The first-order chi connectivity index (χ1) is 14.5. The Kier molecular flexibility index (Phi) is 7.54. The molecule has 1 atom stereocenters. The van der Waals surface area contributed by atoms with Gasteiger partial charge in [0.05, 0.1) is 12.4 Å². The normalized spacial score (nSPS) is 11.9. The van der Waals surface area contributed by atoms with Crippen LogP contribution in [-0.4, -0.2) is 46.6 Å². The molecule has 0 saturated carbocycles. The Bertz CT molecular complexity index is 991. The van der Waals surface area contributed by atoms with Gasteiger partial charge < -0.3 is 10.1 Å². The van der Waals surface area contributed by atoms with Crippen molar-refractivity contribution in [3.8, 4) is 22.5 Å². The van der Waals surface area contributed by atoms with E-state index in [1.54, 1.807) is 7.11 Å². The zero-order valence-electron chi connectivity index (χ0n) is 17.7. The number of aromatic nitrogens is 3. The van der Waals surface area contributed by atoms with Crippen LogP contribution in [0.25, 0.3) is 22.5 Å². The molecule has 6 nitrogen and oxygen atoms in total. The molecule has 0 aliphatic heterocycles. The number of aryl methyl sites for hydroxylation is 2. The average Bonchev–Trinajstić information content (AvgIpc) is 2.73. The van der Waals surface area contributed by atoms with Crippen LogP contribution in [-0.2, 0) is 9.53 Å². The first-order valence-electron chi connectivity index (χ1n) is 9.76. The molecule has 0 aliphatic rings. The number of thioether (sulfide) groups is 1. The lowest BCUT2D eigenvalue weighted by Crippen LogP contribution is -2.36. The van der Waals surface area contributed by atoms with Crippen molar-refractivity contribution < 1.29 is 9.53 Å². The van der Waals surface area contributed by atoms with E-state index < -0.39 is 0 Å². The van der Waals surface area contributed by atoms with Gasteiger partial charge in [-0.25, -0.2) is 4.98 Å². The number of carbonyl (C=O) groups excluding carboxylic acids is 1. The van der Waals surface area contributed by atoms with Gasteiger partial charge in [-0.05, 0) is 20.8 Å². The topological polar surface area (TPSA) is 77.0 Å². The summed E-state index contributed by atoms with van der Waals surface area (Å²) in [6.07, 6.45) is 0. The van der Waals surface area contributed by atoms with Gasteiger partial charge in [0, 0.05) is 24.3 Å². The van der Waals surface area contributed by atoms with Gasteiger partial charge in [-0.1, -0.05) is 71.4 Å². The number of methoxy groups -OCH3 is 1. The number of nitrogens with zero attached hydrogens (tertiary/aromatic N) is 3. The third-order valence-corrected chi connectivity index (χ3v) is 5.31. The number of hydrogen-bond donors (Lipinski definition) is 1. The molecular formula is C23H26N4O2S. The van der Waals surface area contributed by atoms with Crippen LogP contribution in [0.5, 0.6) is 0 Å². The smallest absolute Gasteiger partial charge is 0.230 e. The predicted molar refractivity (Wildman–Crippen MR) is 120 cm³/mol. The number of carbonyl (C=O) groups is 1. The standard InChI is InChI=1S/C23H26N4O2S/c1-15-5-9-18(10-6-15)21-22(19-11-7-16(2)8-12-19)26-27-23(25-21)30-14-20(28)24-17(3)13-29-4/h5-12,17H,13-14H2,1-4H3,(H,24,28)/t17-/m1/s1. The number of rotatable bonds is 8. The van der Waals surface area contributed by atoms with E-state index in [2.05, 4.69) is 15.5 Å². The molecule has 1 aromatic heterocycles. The van der Waals surface area contributed by atoms with Crippen LogP contribution in [0.3, 0.4) is 0 Å². The highest BCUT2D eigenvalue weighted by Gasteiger charge is 2.15. The molecule has 0 aliphatic carbocycles. The molecule has 7 heteroatoms. The van der Waals surface area contributed by atoms with Crippen molar-refractivity contribution in [2.45, 2.75) is 32.0 Å². The molecule has 0 radical (unpaired) electrons. The Hall–Kier alpha value is -2.77. The fourth-order valence-electron chi connectivity index (χ4n) is 2.93. The Balaban J connectivity index is 1.86. The molecule has 0 unspecified atom stereocenters. The SMILES string of the molecule is COC[C@@H](C)NC(=O)CSc1nnc(-c2ccc(C)cc2)c(-c2ccc(C)cc2)n1. The minimum absolute atomic E-state index is 0.0471. The summed E-state index contributed by atoms with van der Waals surface area (Å²) < 4.78 is 5.05. The zero-order valence-corrected chi connectivity index (χ0v) is 18.5. The maximum absolute atomic E-state index is 12.2. The summed E-state index contributed by atoms with van der Waals surface area (Å²) in [5.74, 6) is 0.125. The van der Waals surface area contributed by atoms with Crippen LogP contribution >= 0.6 is 11.8 Å². The molecule has 3 aromatic rings. The third kappa shape index (κ3) is 5.87. The predicted octanol–water partition coefficient (Wildman–Crippen LogP) is 4.07. The first-order valence-corrected chi connectivity index (χ1v) is 10.7. The van der Waals surface area contributed by atoms with Crippen LogP contribution in [0.1, 0.15) is 18.1 Å². The lowest BCUT2D eigenvalue weighted by Gasteiger charge is -2.12. The van der Waals surface area contributed by atoms with Crippen molar-refractivity contribution in [2.24, 2.45) is 0 Å². The molecule has 1 heterocycles. The molecule has 30 heavy (non-hydrogen) atoms. The van der Waals surface area contributed by atoms with Crippen molar-refractivity contribution in [3.63, 3.8) is 0 Å². The lowest BCUT2D eigenvalue weighted by molar-refractivity contribution is -0.119. The van der Waals surface area contributed by atoms with Gasteiger partial charge in [0.1, 0.15) is 11.4 Å². The highest BCUT2D eigenvalue weighted by Crippen LogP contribution is 2.30. The van der Waals surface area contributed by atoms with Crippen molar-refractivity contribution in [2.75, 3.05) is 19.5 Å². The second-order valence-corrected chi connectivity index (χ2v) is 8.18. The van der Waals surface area contributed by atoms with Crippen molar-refractivity contribution in [1.29, 1.82) is 0 Å². The molecular weight excluding hydrogens is 396 g/mol. The van der Waals surface area contributed by atoms with E-state index in [9.17, 15) is 4.79 Å². The van der Waals surface area contributed by atoms with Gasteiger partial charge in [-0.2, -0.15) is 0 Å². The van der Waals surface area contributed by atoms with Gasteiger partial charge in [-0.3, -0.25) is 4.79 Å². The Morgan fingerprint density at radius 1 is 0.967 bits per heavy atom. The molecule has 0 saturated heterocycles. The molecule has 3 rings (SSSR count). The minimum atomic E-state index is -0.0901. The quantitative estimate of drug-likeness (QED) is 0.552. The lowest BCUT2D eigenvalue weighted by atomic mass is 10.0. The fraction of sp³-hybridized carbons (Fsp3) is 0.304. The molecule has 0 spiro atoms. The zero-order chi connectivity index (χ0) is 21.5. The van der Waals surface area contributed by atoms with Gasteiger partial charge in [0.25, 0.3) is 0 Å². The van der Waals surface area contributed by atoms with Crippen molar-refractivity contribution in [3.05, 3.63) is 59.7 Å². The molecule has 0 fully saturated rings. The number of nitrogens with one attached hydrogen (secondary N) is 1. The number of amides is 1. The second kappa shape index (κ2) is 10.3. The molecule has 2 aromatic carbocycles. The highest BCUT2D eigenvalue weighted by atomic mass is 32.2. The molecule has 1 N–H and O–H groups in total. The van der Waals surface area contributed by atoms with Gasteiger partial charge >= 0.3 is 0 Å². The molecule has 156 valence electrons. The second-order valence-electron chi connectivity index (χ2n) is 7.24.